The third-order valence-corrected chi connectivity index (χ3v) is 5.33. The van der Waals surface area contributed by atoms with Gasteiger partial charge in [0.2, 0.25) is 0 Å². The van der Waals surface area contributed by atoms with E-state index in [0.29, 0.717) is 6.04 Å². The van der Waals surface area contributed by atoms with Crippen LogP contribution in [-0.2, 0) is 6.42 Å². The van der Waals surface area contributed by atoms with Gasteiger partial charge in [-0.05, 0) is 53.4 Å². The van der Waals surface area contributed by atoms with E-state index in [-0.39, 0.29) is 0 Å². The maximum absolute atomic E-state index is 4.12. The van der Waals surface area contributed by atoms with Crippen LogP contribution in [0.4, 0.5) is 0 Å². The van der Waals surface area contributed by atoms with Gasteiger partial charge in [0.1, 0.15) is 0 Å². The van der Waals surface area contributed by atoms with Crippen LogP contribution in [0.25, 0.3) is 0 Å². The molecule has 1 unspecified atom stereocenters. The molecule has 0 radical (unpaired) electrons. The molecule has 0 saturated carbocycles. The van der Waals surface area contributed by atoms with Crippen LogP contribution in [0.5, 0.6) is 0 Å². The molecule has 2 rings (SSSR count). The molecule has 0 spiro atoms. The molecule has 1 N–H and O–H groups in total. The number of thiophene rings is 1. The molecule has 1 atom stereocenters. The van der Waals surface area contributed by atoms with Crippen molar-refractivity contribution >= 4 is 38.8 Å². The predicted molar refractivity (Wildman–Crippen MR) is 81.4 cm³/mol. The molecule has 0 aromatic carbocycles. The monoisotopic (exact) mass is 345 g/mol. The van der Waals surface area contributed by atoms with Crippen molar-refractivity contribution in [2.75, 3.05) is 6.54 Å². The molecule has 2 aromatic heterocycles. The lowest BCUT2D eigenvalue weighted by Crippen LogP contribution is -2.23. The Labute approximate surface area is 124 Å². The second kappa shape index (κ2) is 6.75. The lowest BCUT2D eigenvalue weighted by molar-refractivity contribution is 0.536. The first-order valence-electron chi connectivity index (χ1n) is 5.95. The fourth-order valence-corrected chi connectivity index (χ4v) is 4.01. The number of hydrogen-bond donors (Lipinski definition) is 1. The molecular formula is C12H16BrN3S2. The Hall–Kier alpha value is -0.300. The molecule has 6 heteroatoms. The first-order valence-corrected chi connectivity index (χ1v) is 8.40. The zero-order chi connectivity index (χ0) is 13.0. The lowest BCUT2D eigenvalue weighted by atomic mass is 10.1. The molecule has 0 aliphatic rings. The molecule has 0 bridgehead atoms. The molecule has 0 aliphatic carbocycles. The minimum Gasteiger partial charge on any atom is -0.309 e. The standard InChI is InChI=1S/C12H16BrN3S2/c1-3-4-14-11(12-8(2)15-16-18-12)6-10-5-9(13)7-17-10/h5,7,11,14H,3-4,6H2,1-2H3. The predicted octanol–water partition coefficient (Wildman–Crippen LogP) is 3.95. The molecule has 2 heterocycles. The van der Waals surface area contributed by atoms with Gasteiger partial charge in [0, 0.05) is 27.2 Å². The summed E-state index contributed by atoms with van der Waals surface area (Å²) < 4.78 is 5.21. The smallest absolute Gasteiger partial charge is 0.0772 e. The summed E-state index contributed by atoms with van der Waals surface area (Å²) in [6.07, 6.45) is 2.14. The minimum atomic E-state index is 0.329. The second-order valence-corrected chi connectivity index (χ2v) is 6.86. The Kier molecular flexibility index (Phi) is 5.29. The Morgan fingerprint density at radius 1 is 1.50 bits per heavy atom. The van der Waals surface area contributed by atoms with Crippen LogP contribution in [0.1, 0.15) is 34.8 Å². The summed E-state index contributed by atoms with van der Waals surface area (Å²) in [5.41, 5.74) is 1.05. The van der Waals surface area contributed by atoms with Crippen LogP contribution < -0.4 is 5.32 Å². The first kappa shape index (κ1) is 14.1. The number of nitrogens with zero attached hydrogens (tertiary/aromatic N) is 2. The summed E-state index contributed by atoms with van der Waals surface area (Å²) in [5, 5.41) is 9.84. The van der Waals surface area contributed by atoms with Gasteiger partial charge in [0.25, 0.3) is 0 Å². The SMILES string of the molecule is CCCNC(Cc1cc(Br)cs1)c1snnc1C. The number of aromatic nitrogens is 2. The molecule has 2 aromatic rings. The summed E-state index contributed by atoms with van der Waals surface area (Å²) in [7, 11) is 0. The van der Waals surface area contributed by atoms with Crippen LogP contribution in [-0.4, -0.2) is 16.1 Å². The highest BCUT2D eigenvalue weighted by Crippen LogP contribution is 2.28. The minimum absolute atomic E-state index is 0.329. The van der Waals surface area contributed by atoms with Gasteiger partial charge in [-0.3, -0.25) is 0 Å². The summed E-state index contributed by atoms with van der Waals surface area (Å²) in [4.78, 5) is 2.64. The van der Waals surface area contributed by atoms with Crippen LogP contribution in [0, 0.1) is 6.92 Å². The number of aryl methyl sites for hydroxylation is 1. The lowest BCUT2D eigenvalue weighted by Gasteiger charge is -2.16. The van der Waals surface area contributed by atoms with Crippen LogP contribution in [0.15, 0.2) is 15.9 Å². The van der Waals surface area contributed by atoms with Crippen molar-refractivity contribution in [1.29, 1.82) is 0 Å². The summed E-state index contributed by atoms with van der Waals surface area (Å²) >= 11 is 6.80. The van der Waals surface area contributed by atoms with Crippen molar-refractivity contribution in [1.82, 2.24) is 14.9 Å². The highest BCUT2D eigenvalue weighted by Gasteiger charge is 2.17. The van der Waals surface area contributed by atoms with Gasteiger partial charge in [-0.25, -0.2) is 0 Å². The highest BCUT2D eigenvalue weighted by atomic mass is 79.9. The normalized spacial score (nSPS) is 12.8. The number of halogens is 1. The van der Waals surface area contributed by atoms with Crippen LogP contribution in [0.2, 0.25) is 0 Å². The van der Waals surface area contributed by atoms with E-state index in [1.165, 1.54) is 21.3 Å². The van der Waals surface area contributed by atoms with Gasteiger partial charge in [-0.2, -0.15) is 0 Å². The largest absolute Gasteiger partial charge is 0.309 e. The van der Waals surface area contributed by atoms with E-state index in [0.717, 1.165) is 29.6 Å². The zero-order valence-electron chi connectivity index (χ0n) is 10.4. The molecule has 0 saturated heterocycles. The van der Waals surface area contributed by atoms with E-state index >= 15 is 0 Å². The van der Waals surface area contributed by atoms with Crippen LogP contribution >= 0.6 is 38.8 Å². The zero-order valence-corrected chi connectivity index (χ0v) is 13.7. The molecule has 3 nitrogen and oxygen atoms in total. The van der Waals surface area contributed by atoms with Crippen molar-refractivity contribution in [3.8, 4) is 0 Å². The van der Waals surface area contributed by atoms with Crippen molar-refractivity contribution in [2.24, 2.45) is 0 Å². The quantitative estimate of drug-likeness (QED) is 0.861. The van der Waals surface area contributed by atoms with Gasteiger partial charge in [-0.1, -0.05) is 11.4 Å². The number of nitrogens with one attached hydrogen (secondary N) is 1. The average molecular weight is 346 g/mol. The van der Waals surface area contributed by atoms with Crippen molar-refractivity contribution in [2.45, 2.75) is 32.7 Å². The van der Waals surface area contributed by atoms with E-state index in [1.807, 2.05) is 6.92 Å². The fourth-order valence-electron chi connectivity index (χ4n) is 1.79. The Balaban J connectivity index is 2.12. The van der Waals surface area contributed by atoms with Gasteiger partial charge in [0.05, 0.1) is 10.6 Å². The van der Waals surface area contributed by atoms with E-state index in [1.54, 1.807) is 11.3 Å². The molecule has 98 valence electrons. The first-order chi connectivity index (χ1) is 8.70. The number of hydrogen-bond acceptors (Lipinski definition) is 5. The fraction of sp³-hybridized carbons (Fsp3) is 0.500. The topological polar surface area (TPSA) is 37.8 Å². The Morgan fingerprint density at radius 3 is 2.89 bits per heavy atom. The van der Waals surface area contributed by atoms with Gasteiger partial charge in [0.15, 0.2) is 0 Å². The third kappa shape index (κ3) is 3.60. The maximum atomic E-state index is 4.12. The van der Waals surface area contributed by atoms with E-state index in [9.17, 15) is 0 Å². The molecular weight excluding hydrogens is 330 g/mol. The van der Waals surface area contributed by atoms with E-state index in [4.69, 9.17) is 0 Å². The highest BCUT2D eigenvalue weighted by molar-refractivity contribution is 9.10. The van der Waals surface area contributed by atoms with Crippen molar-refractivity contribution < 1.29 is 0 Å². The van der Waals surface area contributed by atoms with E-state index < -0.39 is 0 Å². The summed E-state index contributed by atoms with van der Waals surface area (Å²) in [5.74, 6) is 0. The average Bonchev–Trinajstić information content (AvgIpc) is 2.93. The molecule has 0 amide bonds. The molecule has 0 fully saturated rings. The Bertz CT molecular complexity index is 495. The molecule has 0 aliphatic heterocycles. The van der Waals surface area contributed by atoms with E-state index in [2.05, 4.69) is 49.2 Å². The van der Waals surface area contributed by atoms with Gasteiger partial charge in [-0.15, -0.1) is 16.4 Å². The van der Waals surface area contributed by atoms with Gasteiger partial charge < -0.3 is 5.32 Å². The molecule has 18 heavy (non-hydrogen) atoms. The van der Waals surface area contributed by atoms with Crippen LogP contribution in [0.3, 0.4) is 0 Å². The van der Waals surface area contributed by atoms with Crippen molar-refractivity contribution in [3.63, 3.8) is 0 Å². The summed E-state index contributed by atoms with van der Waals surface area (Å²) in [6, 6.07) is 2.52. The Morgan fingerprint density at radius 2 is 2.33 bits per heavy atom. The number of rotatable bonds is 6. The maximum Gasteiger partial charge on any atom is 0.0772 e. The second-order valence-electron chi connectivity index (χ2n) is 4.16. The van der Waals surface area contributed by atoms with Crippen molar-refractivity contribution in [3.05, 3.63) is 31.4 Å². The summed E-state index contributed by atoms with van der Waals surface area (Å²) in [6.45, 7) is 5.24. The van der Waals surface area contributed by atoms with Gasteiger partial charge >= 0.3 is 0 Å². The third-order valence-electron chi connectivity index (χ3n) is 2.67.